The van der Waals surface area contributed by atoms with Gasteiger partial charge in [-0.05, 0) is 24.3 Å². The van der Waals surface area contributed by atoms with Crippen molar-refractivity contribution in [2.75, 3.05) is 0 Å². The monoisotopic (exact) mass is 1150 g/mol. The topological polar surface area (TPSA) is 20.9 Å². The fourth-order valence-corrected chi connectivity index (χ4v) is 8.24. The lowest BCUT2D eigenvalue weighted by atomic mass is 9.12. The van der Waals surface area contributed by atoms with Crippen molar-refractivity contribution in [1.29, 1.82) is 0 Å². The lowest BCUT2D eigenvalue weighted by Crippen LogP contribution is -2.75. The Morgan fingerprint density at radius 1 is 0.365 bits per heavy atom. The maximum absolute atomic E-state index is 14.2. The lowest BCUT2D eigenvalue weighted by molar-refractivity contribution is -0.689. The molecule has 0 atom stereocenters. The highest BCUT2D eigenvalue weighted by molar-refractivity contribution is 9.08. The van der Waals surface area contributed by atoms with E-state index < -0.39 is 195 Å². The molecule has 0 saturated carbocycles. The molecule has 74 heavy (non-hydrogen) atoms. The number of benzene rings is 5. The summed E-state index contributed by atoms with van der Waals surface area (Å²) in [5.74, 6) is 0.129. The second kappa shape index (κ2) is 20.5. The van der Waals surface area contributed by atoms with Crippen LogP contribution >= 0.6 is 15.9 Å². The minimum Gasteiger partial charge on any atom is -0.287 e. The van der Waals surface area contributed by atoms with Gasteiger partial charge in [-0.2, -0.15) is 132 Å². The van der Waals surface area contributed by atoms with Crippen molar-refractivity contribution in [3.63, 3.8) is 0 Å². The zero-order chi connectivity index (χ0) is 56.0. The van der Waals surface area contributed by atoms with Crippen LogP contribution in [-0.2, 0) is 61.3 Å². The Labute approximate surface area is 408 Å². The minimum absolute atomic E-state index is 0.129. The van der Waals surface area contributed by atoms with Crippen LogP contribution in [-0.4, -0.2) is 11.9 Å². The van der Waals surface area contributed by atoms with Crippen LogP contribution in [0.1, 0.15) is 60.6 Å². The Hall–Kier alpha value is -6.22. The Balaban J connectivity index is 0.000000500. The molecule has 0 unspecified atom stereocenters. The molecule has 1 heterocycles. The maximum atomic E-state index is 14.2. The van der Waals surface area contributed by atoms with Gasteiger partial charge in [0.2, 0.25) is 12.3 Å². The molecule has 5 aromatic carbocycles. The molecule has 0 saturated heterocycles. The standard InChI is InChI=1S/C32H12BF24.C14H13BrNO/c34-25(35,36)13-1-14(26(37,38)39)6-21(5-13)33(22-7-15(27(40,41)42)2-16(8-22)28(43,44)45,23-9-17(29(46,47)48)3-18(10-23)30(49,50)51)24-11-19(31(52,53)54)4-20(12-24)32(55,56)57;15-10-13-8-4-5-9-16(13)11-14(17)12-6-2-1-3-7-12/h1-12H;1-9H,10-11H2/q-1;+1. The average Bonchev–Trinajstić information content (AvgIpc) is 3.27. The normalized spacial score (nSPS) is 13.4. The van der Waals surface area contributed by atoms with Gasteiger partial charge in [-0.1, -0.05) is 101 Å². The molecule has 0 aliphatic heterocycles. The van der Waals surface area contributed by atoms with E-state index in [4.69, 9.17) is 0 Å². The highest BCUT2D eigenvalue weighted by atomic mass is 79.9. The van der Waals surface area contributed by atoms with Crippen molar-refractivity contribution in [2.24, 2.45) is 0 Å². The highest BCUT2D eigenvalue weighted by Crippen LogP contribution is 2.41. The maximum Gasteiger partial charge on any atom is 0.416 e. The van der Waals surface area contributed by atoms with E-state index in [0.29, 0.717) is 6.54 Å². The highest BCUT2D eigenvalue weighted by Gasteiger charge is 2.47. The molecule has 6 rings (SSSR count). The van der Waals surface area contributed by atoms with Gasteiger partial charge in [0.25, 0.3) is 0 Å². The predicted octanol–water partition coefficient (Wildman–Crippen LogP) is 14.0. The van der Waals surface area contributed by atoms with E-state index in [-0.39, 0.29) is 5.78 Å². The second-order valence-corrected chi connectivity index (χ2v) is 16.5. The van der Waals surface area contributed by atoms with E-state index in [1.54, 1.807) is 0 Å². The summed E-state index contributed by atoms with van der Waals surface area (Å²) in [6.07, 6.45) is -52.9. The summed E-state index contributed by atoms with van der Waals surface area (Å²) in [5, 5.41) is 0.746. The van der Waals surface area contributed by atoms with Crippen molar-refractivity contribution in [2.45, 2.75) is 61.3 Å². The number of ketones is 1. The molecule has 0 aliphatic rings. The van der Waals surface area contributed by atoms with E-state index >= 15 is 0 Å². The summed E-state index contributed by atoms with van der Waals surface area (Å²) in [7, 11) is 0. The Morgan fingerprint density at radius 3 is 0.838 bits per heavy atom. The fraction of sp³-hybridized carbons (Fsp3) is 0.217. The number of pyridine rings is 1. The third-order valence-corrected chi connectivity index (χ3v) is 11.6. The number of nitrogens with zero attached hydrogens (tertiary/aromatic N) is 1. The third kappa shape index (κ3) is 13.5. The van der Waals surface area contributed by atoms with Crippen LogP contribution < -0.4 is 26.4 Å². The van der Waals surface area contributed by atoms with Crippen LogP contribution in [0.3, 0.4) is 0 Å². The summed E-state index contributed by atoms with van der Waals surface area (Å²) in [4.78, 5) is 12.0. The summed E-state index contributed by atoms with van der Waals surface area (Å²) >= 11 is 3.42. The van der Waals surface area contributed by atoms with E-state index in [1.165, 1.54) is 0 Å². The van der Waals surface area contributed by atoms with E-state index in [0.717, 1.165) is 16.6 Å². The summed E-state index contributed by atoms with van der Waals surface area (Å²) in [5.41, 5.74) is -28.4. The Kier molecular flexibility index (Phi) is 16.2. The van der Waals surface area contributed by atoms with E-state index in [2.05, 4.69) is 15.9 Å². The summed E-state index contributed by atoms with van der Waals surface area (Å²) in [6, 6.07) is 6.48. The summed E-state index contributed by atoms with van der Waals surface area (Å²) < 4.78 is 343. The molecule has 6 aromatic rings. The van der Waals surface area contributed by atoms with Gasteiger partial charge in [0, 0.05) is 17.7 Å². The third-order valence-electron chi connectivity index (χ3n) is 11.0. The van der Waals surface area contributed by atoms with Gasteiger partial charge < -0.3 is 0 Å². The number of halogens is 25. The van der Waals surface area contributed by atoms with Crippen molar-refractivity contribution >= 4 is 49.7 Å². The molecule has 1 aromatic heterocycles. The minimum atomic E-state index is -6.13. The van der Waals surface area contributed by atoms with Gasteiger partial charge in [0.15, 0.2) is 11.9 Å². The molecule has 0 spiro atoms. The Morgan fingerprint density at radius 2 is 0.608 bits per heavy atom. The van der Waals surface area contributed by atoms with Crippen molar-refractivity contribution in [1.82, 2.24) is 0 Å². The molecular formula is C46H25BBrF24NO. The van der Waals surface area contributed by atoms with Gasteiger partial charge >= 0.3 is 49.4 Å². The van der Waals surface area contributed by atoms with Gasteiger partial charge in [-0.15, -0.1) is 0 Å². The molecule has 0 aliphatic carbocycles. The molecule has 0 radical (unpaired) electrons. The lowest BCUT2D eigenvalue weighted by Gasteiger charge is -2.46. The zero-order valence-corrected chi connectivity index (χ0v) is 37.5. The van der Waals surface area contributed by atoms with Gasteiger partial charge in [-0.3, -0.25) is 4.79 Å². The SMILES string of the molecule is FC(F)(F)c1cc([B-](c2cc(C(F)(F)F)cc(C(F)(F)F)c2)(c2cc(C(F)(F)F)cc(C(F)(F)F)c2)c2cc(C(F)(F)F)cc(C(F)(F)F)c2)cc(C(F)(F)F)c1.O=C(C[n+]1ccccc1CBr)c1ccccc1. The van der Waals surface area contributed by atoms with Crippen LogP contribution in [0.5, 0.6) is 0 Å². The van der Waals surface area contributed by atoms with Gasteiger partial charge in [0.1, 0.15) is 6.15 Å². The number of hydrogen-bond donors (Lipinski definition) is 0. The smallest absolute Gasteiger partial charge is 0.287 e. The van der Waals surface area contributed by atoms with Crippen molar-refractivity contribution in [3.8, 4) is 0 Å². The van der Waals surface area contributed by atoms with Crippen LogP contribution in [0.2, 0.25) is 0 Å². The average molecular weight is 1150 g/mol. The van der Waals surface area contributed by atoms with Crippen LogP contribution in [0.25, 0.3) is 0 Å². The molecule has 0 N–H and O–H groups in total. The number of carbonyl (C=O) groups is 1. The first-order valence-electron chi connectivity index (χ1n) is 20.0. The molecular weight excluding hydrogens is 1130 g/mol. The largest absolute Gasteiger partial charge is 0.416 e. The number of alkyl halides is 25. The predicted molar refractivity (Wildman–Crippen MR) is 220 cm³/mol. The van der Waals surface area contributed by atoms with E-state index in [9.17, 15) is 110 Å². The van der Waals surface area contributed by atoms with Crippen molar-refractivity contribution < 1.29 is 115 Å². The molecule has 0 bridgehead atoms. The van der Waals surface area contributed by atoms with Crippen LogP contribution in [0.15, 0.2) is 128 Å². The quantitative estimate of drug-likeness (QED) is 0.0489. The number of Topliss-reactive ketones (excluding diaryl/α,β-unsaturated/α-hetero) is 1. The van der Waals surface area contributed by atoms with Crippen LogP contribution in [0, 0.1) is 0 Å². The van der Waals surface area contributed by atoms with Crippen molar-refractivity contribution in [3.05, 3.63) is 183 Å². The first kappa shape index (κ1) is 58.7. The van der Waals surface area contributed by atoms with Gasteiger partial charge in [-0.25, -0.2) is 0 Å². The second-order valence-electron chi connectivity index (χ2n) is 16.0. The number of hydrogen-bond acceptors (Lipinski definition) is 1. The number of aromatic nitrogens is 1. The number of rotatable bonds is 8. The van der Waals surface area contributed by atoms with Gasteiger partial charge in [0.05, 0.1) is 49.8 Å². The first-order chi connectivity index (χ1) is 33.6. The first-order valence-corrected chi connectivity index (χ1v) is 21.2. The number of carbonyl (C=O) groups excluding carboxylic acids is 1. The summed E-state index contributed by atoms with van der Waals surface area (Å²) in [6.45, 7) is 0.381. The molecule has 2 nitrogen and oxygen atoms in total. The fourth-order valence-electron chi connectivity index (χ4n) is 7.73. The zero-order valence-electron chi connectivity index (χ0n) is 35.9. The Bertz CT molecular complexity index is 2550. The van der Waals surface area contributed by atoms with Crippen LogP contribution in [0.4, 0.5) is 105 Å². The van der Waals surface area contributed by atoms with E-state index in [1.807, 2.05) is 59.3 Å². The molecule has 398 valence electrons. The molecule has 0 amide bonds. The molecule has 0 fully saturated rings. The molecule has 28 heteroatoms.